The fraction of sp³-hybridized carbons (Fsp3) is 0.267. The van der Waals surface area contributed by atoms with E-state index in [4.69, 9.17) is 10.5 Å². The molecule has 43 heavy (non-hydrogen) atoms. The van der Waals surface area contributed by atoms with Crippen molar-refractivity contribution >= 4 is 35.5 Å². The highest BCUT2D eigenvalue weighted by atomic mass is 32.2. The van der Waals surface area contributed by atoms with Crippen LogP contribution in [-0.4, -0.2) is 57.6 Å². The minimum absolute atomic E-state index is 0.125. The molecule has 1 aliphatic heterocycles. The molecule has 0 radical (unpaired) electrons. The summed E-state index contributed by atoms with van der Waals surface area (Å²) in [5.41, 5.74) is 5.69. The first-order valence-electron chi connectivity index (χ1n) is 13.2. The summed E-state index contributed by atoms with van der Waals surface area (Å²) in [6.45, 7) is -0.501. The standard InChI is InChI=1S/C30H29F2N3O7S/c31-20-7-1-17(2-8-20)24(36)16-43-27-28(39)35-30(27,18-3-9-21(32)10-4-18)19-5-11-22(12-6-19)42-15-26(38)34-23(29(40)41)13-14-25(33)37/h1-12,23-24,27,36H,13-16H2,(H2,33,37)(H,34,38)(H,35,39)(H,40,41)/t23-,24?,27-,30-/m0/s1. The van der Waals surface area contributed by atoms with E-state index in [2.05, 4.69) is 10.6 Å². The van der Waals surface area contributed by atoms with E-state index >= 15 is 0 Å². The van der Waals surface area contributed by atoms with Crippen molar-refractivity contribution in [3.63, 3.8) is 0 Å². The molecule has 1 saturated heterocycles. The Kier molecular flexibility index (Phi) is 9.99. The first-order valence-corrected chi connectivity index (χ1v) is 14.2. The number of ether oxygens (including phenoxy) is 1. The molecule has 3 aromatic carbocycles. The Morgan fingerprint density at radius 1 is 0.977 bits per heavy atom. The minimum Gasteiger partial charge on any atom is -0.484 e. The second kappa shape index (κ2) is 13.7. The number of benzene rings is 3. The van der Waals surface area contributed by atoms with E-state index in [1.807, 2.05) is 0 Å². The van der Waals surface area contributed by atoms with Crippen molar-refractivity contribution in [2.45, 2.75) is 35.8 Å². The van der Waals surface area contributed by atoms with Crippen LogP contribution in [0.1, 0.15) is 35.6 Å². The fourth-order valence-electron chi connectivity index (χ4n) is 4.68. The van der Waals surface area contributed by atoms with Gasteiger partial charge in [-0.2, -0.15) is 0 Å². The van der Waals surface area contributed by atoms with Gasteiger partial charge in [-0.15, -0.1) is 11.8 Å². The molecule has 4 rings (SSSR count). The molecule has 1 heterocycles. The number of β-lactam (4-membered cyclic amide) rings is 1. The van der Waals surface area contributed by atoms with E-state index < -0.39 is 59.0 Å². The Bertz CT molecular complexity index is 1470. The summed E-state index contributed by atoms with van der Waals surface area (Å²) in [6, 6.07) is 16.3. The number of nitrogens with two attached hydrogens (primary N) is 1. The molecule has 0 aliphatic carbocycles. The number of aliphatic carboxylic acids is 1. The van der Waals surface area contributed by atoms with Crippen molar-refractivity contribution < 1.29 is 42.9 Å². The quantitative estimate of drug-likeness (QED) is 0.173. The van der Waals surface area contributed by atoms with Gasteiger partial charge in [-0.25, -0.2) is 13.6 Å². The average molecular weight is 614 g/mol. The van der Waals surface area contributed by atoms with Gasteiger partial charge in [0.2, 0.25) is 11.8 Å². The number of carboxylic acid groups (broad SMARTS) is 1. The van der Waals surface area contributed by atoms with Gasteiger partial charge in [-0.05, 0) is 59.5 Å². The molecular formula is C30H29F2N3O7S. The van der Waals surface area contributed by atoms with Crippen molar-refractivity contribution in [3.8, 4) is 5.75 Å². The van der Waals surface area contributed by atoms with E-state index in [1.54, 1.807) is 36.4 Å². The average Bonchev–Trinajstić information content (AvgIpc) is 2.97. The number of carbonyl (C=O) groups is 4. The highest BCUT2D eigenvalue weighted by Gasteiger charge is 2.56. The summed E-state index contributed by atoms with van der Waals surface area (Å²) in [7, 11) is 0. The lowest BCUT2D eigenvalue weighted by Crippen LogP contribution is -2.69. The third-order valence-corrected chi connectivity index (χ3v) is 8.33. The van der Waals surface area contributed by atoms with Crippen LogP contribution < -0.4 is 21.1 Å². The van der Waals surface area contributed by atoms with Crippen LogP contribution in [0.5, 0.6) is 5.75 Å². The predicted molar refractivity (Wildman–Crippen MR) is 153 cm³/mol. The summed E-state index contributed by atoms with van der Waals surface area (Å²) in [6.07, 6.45) is -1.35. The highest BCUT2D eigenvalue weighted by molar-refractivity contribution is 8.00. The van der Waals surface area contributed by atoms with Crippen molar-refractivity contribution in [2.24, 2.45) is 5.73 Å². The van der Waals surface area contributed by atoms with Gasteiger partial charge in [-0.3, -0.25) is 14.4 Å². The molecule has 0 saturated carbocycles. The van der Waals surface area contributed by atoms with Gasteiger partial charge in [0.05, 0.1) is 6.10 Å². The van der Waals surface area contributed by atoms with Crippen LogP contribution in [0.2, 0.25) is 0 Å². The molecule has 1 aliphatic rings. The molecule has 3 aromatic rings. The number of amides is 3. The van der Waals surface area contributed by atoms with Crippen molar-refractivity contribution in [1.29, 1.82) is 0 Å². The van der Waals surface area contributed by atoms with Crippen molar-refractivity contribution in [2.75, 3.05) is 12.4 Å². The maximum Gasteiger partial charge on any atom is 0.326 e. The van der Waals surface area contributed by atoms with Crippen LogP contribution in [0.3, 0.4) is 0 Å². The Labute approximate surface area is 249 Å². The van der Waals surface area contributed by atoms with Crippen LogP contribution in [0.4, 0.5) is 8.78 Å². The van der Waals surface area contributed by atoms with E-state index in [-0.39, 0.29) is 30.3 Å². The number of thioether (sulfide) groups is 1. The smallest absolute Gasteiger partial charge is 0.326 e. The van der Waals surface area contributed by atoms with Gasteiger partial charge in [0, 0.05) is 12.2 Å². The summed E-state index contributed by atoms with van der Waals surface area (Å²) in [5, 5.41) is 24.4. The molecule has 0 spiro atoms. The SMILES string of the molecule is NC(=O)CC[C@H](NC(=O)COc1ccc([C@]2(c3ccc(F)cc3)NC(=O)[C@@H]2SCC(O)c2ccc(F)cc2)cc1)C(=O)O. The minimum atomic E-state index is -1.31. The molecule has 1 unspecified atom stereocenters. The third kappa shape index (κ3) is 7.48. The molecular weight excluding hydrogens is 584 g/mol. The number of primary amides is 1. The molecule has 1 fully saturated rings. The Balaban J connectivity index is 1.48. The molecule has 226 valence electrons. The van der Waals surface area contributed by atoms with Crippen LogP contribution in [0, 0.1) is 11.6 Å². The summed E-state index contributed by atoms with van der Waals surface area (Å²) < 4.78 is 32.6. The zero-order valence-electron chi connectivity index (χ0n) is 22.7. The van der Waals surface area contributed by atoms with Gasteiger partial charge in [0.25, 0.3) is 5.91 Å². The molecule has 10 nitrogen and oxygen atoms in total. The van der Waals surface area contributed by atoms with E-state index in [1.165, 1.54) is 48.2 Å². The Hall–Kier alpha value is -4.49. The zero-order chi connectivity index (χ0) is 31.1. The number of hydrogen-bond acceptors (Lipinski definition) is 7. The topological polar surface area (TPSA) is 168 Å². The van der Waals surface area contributed by atoms with Gasteiger partial charge in [0.1, 0.15) is 34.2 Å². The van der Waals surface area contributed by atoms with E-state index in [9.17, 15) is 38.2 Å². The van der Waals surface area contributed by atoms with E-state index in [0.717, 1.165) is 0 Å². The number of aliphatic hydroxyl groups is 1. The summed E-state index contributed by atoms with van der Waals surface area (Å²) in [4.78, 5) is 47.4. The number of rotatable bonds is 14. The zero-order valence-corrected chi connectivity index (χ0v) is 23.5. The van der Waals surface area contributed by atoms with Crippen molar-refractivity contribution in [1.82, 2.24) is 10.6 Å². The molecule has 3 amide bonds. The maximum atomic E-state index is 13.8. The van der Waals surface area contributed by atoms with Gasteiger partial charge in [-0.1, -0.05) is 36.4 Å². The van der Waals surface area contributed by atoms with E-state index in [0.29, 0.717) is 16.7 Å². The first kappa shape index (κ1) is 31.4. The summed E-state index contributed by atoms with van der Waals surface area (Å²) >= 11 is 1.20. The molecule has 13 heteroatoms. The molecule has 0 aromatic heterocycles. The number of hydrogen-bond donors (Lipinski definition) is 5. The van der Waals surface area contributed by atoms with Gasteiger partial charge in [0.15, 0.2) is 6.61 Å². The highest BCUT2D eigenvalue weighted by Crippen LogP contribution is 2.46. The fourth-order valence-corrected chi connectivity index (χ4v) is 6.04. The lowest BCUT2D eigenvalue weighted by atomic mass is 9.74. The van der Waals surface area contributed by atoms with Crippen LogP contribution in [0.25, 0.3) is 0 Å². The molecule has 4 atom stereocenters. The Morgan fingerprint density at radius 2 is 1.53 bits per heavy atom. The monoisotopic (exact) mass is 613 g/mol. The van der Waals surface area contributed by atoms with Crippen molar-refractivity contribution in [3.05, 3.63) is 101 Å². The predicted octanol–water partition coefficient (Wildman–Crippen LogP) is 2.39. The lowest BCUT2D eigenvalue weighted by molar-refractivity contribution is -0.142. The largest absolute Gasteiger partial charge is 0.484 e. The van der Waals surface area contributed by atoms with Crippen LogP contribution in [-0.2, 0) is 24.7 Å². The second-order valence-electron chi connectivity index (χ2n) is 9.86. The van der Waals surface area contributed by atoms with Gasteiger partial charge >= 0.3 is 5.97 Å². The molecule has 6 N–H and O–H groups in total. The maximum absolute atomic E-state index is 13.8. The number of carbonyl (C=O) groups excluding carboxylic acids is 3. The lowest BCUT2D eigenvalue weighted by Gasteiger charge is -2.50. The molecule has 0 bridgehead atoms. The number of aliphatic hydroxyl groups excluding tert-OH is 1. The van der Waals surface area contributed by atoms with Crippen LogP contribution in [0.15, 0.2) is 72.8 Å². The first-order chi connectivity index (χ1) is 20.5. The normalized spacial score (nSPS) is 19.0. The van der Waals surface area contributed by atoms with Gasteiger partial charge < -0.3 is 31.3 Å². The Morgan fingerprint density at radius 3 is 2.07 bits per heavy atom. The third-order valence-electron chi connectivity index (χ3n) is 6.92. The van der Waals surface area contributed by atoms with Crippen LogP contribution >= 0.6 is 11.8 Å². The number of carboxylic acids is 1. The number of nitrogens with one attached hydrogen (secondary N) is 2. The summed E-state index contributed by atoms with van der Waals surface area (Å²) in [5.74, 6) is -3.50. The number of halogens is 2. The second-order valence-corrected chi connectivity index (χ2v) is 11.0.